The molecule has 0 bridgehead atoms. The van der Waals surface area contributed by atoms with Gasteiger partial charge in [0.2, 0.25) is 5.95 Å². The number of fused-ring (bicyclic) bond motifs is 1. The number of rotatable bonds is 7. The lowest BCUT2D eigenvalue weighted by molar-refractivity contribution is 0.0255. The summed E-state index contributed by atoms with van der Waals surface area (Å²) in [5.74, 6) is 1.05. The topological polar surface area (TPSA) is 123 Å². The van der Waals surface area contributed by atoms with Gasteiger partial charge in [-0.1, -0.05) is 0 Å². The highest BCUT2D eigenvalue weighted by Gasteiger charge is 2.25. The van der Waals surface area contributed by atoms with Crippen LogP contribution in [0.1, 0.15) is 23.2 Å². The van der Waals surface area contributed by atoms with E-state index in [1.165, 1.54) is 6.20 Å². The molecular weight excluding hydrogens is 381 g/mol. The average molecular weight is 406 g/mol. The van der Waals surface area contributed by atoms with Crippen molar-refractivity contribution in [2.45, 2.75) is 30.3 Å². The van der Waals surface area contributed by atoms with Gasteiger partial charge in [-0.3, -0.25) is 4.79 Å². The molecule has 1 fully saturated rings. The normalized spacial score (nSPS) is 18.3. The molecule has 0 saturated heterocycles. The number of ether oxygens (including phenoxy) is 2. The maximum Gasteiger partial charge on any atom is 0.254 e. The number of anilines is 4. The first-order chi connectivity index (χ1) is 14.3. The number of carbonyl (C=O) groups excluding carboxylic acids is 1. The third-order valence-electron chi connectivity index (χ3n) is 4.67. The Bertz CT molecular complexity index is 951. The van der Waals surface area contributed by atoms with Crippen LogP contribution in [0, 0.1) is 0 Å². The van der Waals surface area contributed by atoms with Crippen LogP contribution in [-0.2, 0) is 4.74 Å². The zero-order chi connectivity index (χ0) is 21.3. The fourth-order valence-corrected chi connectivity index (χ4v) is 3.20. The zero-order valence-corrected chi connectivity index (χ0v) is 17.5. The van der Waals surface area contributed by atoms with E-state index in [1.807, 2.05) is 41.7 Å². The van der Waals surface area contributed by atoms with Gasteiger partial charge in [0, 0.05) is 24.5 Å². The summed E-state index contributed by atoms with van der Waals surface area (Å²) in [6, 6.07) is 6.06. The average Bonchev–Trinajstić information content (AvgIpc) is 3.49. The lowest BCUT2D eigenvalue weighted by Gasteiger charge is -2.26. The Labute approximate surface area is 178 Å². The second-order valence-corrected chi connectivity index (χ2v) is 8.62. The Balaban J connectivity index is 1.48. The van der Waals surface area contributed by atoms with Crippen LogP contribution in [0.25, 0.3) is 0 Å². The summed E-state index contributed by atoms with van der Waals surface area (Å²) in [6.45, 7) is 1.13. The summed E-state index contributed by atoms with van der Waals surface area (Å²) in [6.07, 6.45) is 3.51. The molecule has 2 aliphatic rings. The van der Waals surface area contributed by atoms with Gasteiger partial charge in [0.15, 0.2) is 0 Å². The van der Waals surface area contributed by atoms with Gasteiger partial charge in [-0.15, -0.1) is 0 Å². The molecule has 5 N–H and O–H groups in total. The Morgan fingerprint density at radius 3 is 2.83 bits per heavy atom. The van der Waals surface area contributed by atoms with Gasteiger partial charge in [-0.25, -0.2) is 4.98 Å². The summed E-state index contributed by atoms with van der Waals surface area (Å²) in [7, 11) is 6.09. The van der Waals surface area contributed by atoms with Crippen LogP contribution in [0.3, 0.4) is 0 Å². The smallest absolute Gasteiger partial charge is 0.254 e. The number of hydrogen-bond donors (Lipinski definition) is 4. The highest BCUT2D eigenvalue weighted by molar-refractivity contribution is 6.58. The highest BCUT2D eigenvalue weighted by Crippen LogP contribution is 2.32. The number of aromatic nitrogens is 2. The van der Waals surface area contributed by atoms with Crippen molar-refractivity contribution < 1.29 is 14.3 Å². The van der Waals surface area contributed by atoms with Gasteiger partial charge in [-0.05, 0) is 36.3 Å². The third kappa shape index (κ3) is 5.18. The standard InChI is InChI=1S/C18H25B3N6O3/c19-18(20,21)30-11-6-23-13-5-10(3-4-14(13)29-8-11)26-17-24-7-12(15(22)28)16(27-17)25-9-1-2-9/h3-5,7,9,11,23H,1-2,6,8,19-21H2,(H2,22,28)(H2,24,25,26,27)/t11-/m0/s1. The quantitative estimate of drug-likeness (QED) is 0.414. The molecule has 1 saturated carbocycles. The van der Waals surface area contributed by atoms with Gasteiger partial charge in [-0.2, -0.15) is 4.98 Å². The van der Waals surface area contributed by atoms with Crippen molar-refractivity contribution in [1.29, 1.82) is 0 Å². The molecule has 2 heterocycles. The largest absolute Gasteiger partial charge is 0.489 e. The Hall–Kier alpha value is -2.88. The van der Waals surface area contributed by atoms with Crippen LogP contribution in [-0.4, -0.2) is 70.0 Å². The highest BCUT2D eigenvalue weighted by atomic mass is 16.5. The van der Waals surface area contributed by atoms with E-state index in [0.29, 0.717) is 31.0 Å². The SMILES string of the molecule is BC(B)(B)O[C@H]1CNc2cc(Nc3ncc(C(N)=O)c(NC4CC4)n3)ccc2OC1. The molecule has 1 atom stereocenters. The predicted octanol–water partition coefficient (Wildman–Crippen LogP) is -1.41. The van der Waals surface area contributed by atoms with Crippen LogP contribution < -0.4 is 26.4 Å². The van der Waals surface area contributed by atoms with Crippen molar-refractivity contribution in [1.82, 2.24) is 9.97 Å². The molecule has 154 valence electrons. The molecule has 0 radical (unpaired) electrons. The van der Waals surface area contributed by atoms with Crippen LogP contribution in [0.15, 0.2) is 24.4 Å². The summed E-state index contributed by atoms with van der Waals surface area (Å²) in [5, 5.41) is 9.57. The second kappa shape index (κ2) is 8.10. The minimum Gasteiger partial charge on any atom is -0.489 e. The van der Waals surface area contributed by atoms with Gasteiger partial charge >= 0.3 is 0 Å². The van der Waals surface area contributed by atoms with Crippen LogP contribution in [0.2, 0.25) is 0 Å². The van der Waals surface area contributed by atoms with E-state index in [-0.39, 0.29) is 17.0 Å². The molecule has 4 rings (SSSR count). The molecule has 1 amide bonds. The summed E-state index contributed by atoms with van der Waals surface area (Å²) in [5.41, 5.74) is 7.39. The first-order valence-corrected chi connectivity index (χ1v) is 10.2. The third-order valence-corrected chi connectivity index (χ3v) is 4.67. The first-order valence-electron chi connectivity index (χ1n) is 10.2. The maximum atomic E-state index is 11.6. The number of hydrogen-bond acceptors (Lipinski definition) is 8. The molecule has 0 spiro atoms. The van der Waals surface area contributed by atoms with E-state index >= 15 is 0 Å². The molecule has 0 unspecified atom stereocenters. The molecule has 1 aliphatic carbocycles. The van der Waals surface area contributed by atoms with Crippen molar-refractivity contribution >= 4 is 52.6 Å². The molecule has 12 heteroatoms. The van der Waals surface area contributed by atoms with Gasteiger partial charge in [0.1, 0.15) is 47.8 Å². The van der Waals surface area contributed by atoms with Crippen LogP contribution >= 0.6 is 0 Å². The second-order valence-electron chi connectivity index (χ2n) is 8.62. The number of carbonyl (C=O) groups is 1. The van der Waals surface area contributed by atoms with Gasteiger partial charge in [0.25, 0.3) is 5.91 Å². The number of benzene rings is 1. The van der Waals surface area contributed by atoms with E-state index in [1.54, 1.807) is 0 Å². The van der Waals surface area contributed by atoms with Gasteiger partial charge < -0.3 is 31.2 Å². The van der Waals surface area contributed by atoms with E-state index < -0.39 is 5.91 Å². The van der Waals surface area contributed by atoms with E-state index in [9.17, 15) is 4.79 Å². The minimum absolute atomic E-state index is 0.0467. The number of nitrogens with two attached hydrogens (primary N) is 1. The van der Waals surface area contributed by atoms with Crippen LogP contribution in [0.4, 0.5) is 23.1 Å². The summed E-state index contributed by atoms with van der Waals surface area (Å²) < 4.78 is 11.9. The lowest BCUT2D eigenvalue weighted by atomic mass is 9.52. The number of primary amides is 1. The number of nitrogens with one attached hydrogen (secondary N) is 3. The fraction of sp³-hybridized carbons (Fsp3) is 0.389. The molecular formula is C18H25B3N6O3. The molecule has 1 aliphatic heterocycles. The van der Waals surface area contributed by atoms with Crippen LogP contribution in [0.5, 0.6) is 5.75 Å². The lowest BCUT2D eigenvalue weighted by Crippen LogP contribution is -2.42. The number of nitrogens with zero attached hydrogens (tertiary/aromatic N) is 2. The Morgan fingerprint density at radius 1 is 1.33 bits per heavy atom. The molecule has 30 heavy (non-hydrogen) atoms. The summed E-state index contributed by atoms with van der Waals surface area (Å²) in [4.78, 5) is 20.3. The maximum absolute atomic E-state index is 11.6. The van der Waals surface area contributed by atoms with E-state index in [0.717, 1.165) is 30.0 Å². The Morgan fingerprint density at radius 2 is 2.13 bits per heavy atom. The van der Waals surface area contributed by atoms with Crippen molar-refractivity contribution in [3.8, 4) is 5.75 Å². The molecule has 2 aromatic rings. The van der Waals surface area contributed by atoms with Crippen molar-refractivity contribution in [3.05, 3.63) is 30.0 Å². The Kier molecular flexibility index (Phi) is 5.51. The molecule has 1 aromatic carbocycles. The zero-order valence-electron chi connectivity index (χ0n) is 17.5. The van der Waals surface area contributed by atoms with E-state index in [2.05, 4.69) is 25.9 Å². The van der Waals surface area contributed by atoms with Crippen molar-refractivity contribution in [2.75, 3.05) is 29.1 Å². The fourth-order valence-electron chi connectivity index (χ4n) is 3.20. The first kappa shape index (κ1) is 20.4. The predicted molar refractivity (Wildman–Crippen MR) is 124 cm³/mol. The van der Waals surface area contributed by atoms with E-state index in [4.69, 9.17) is 15.2 Å². The molecule has 9 nitrogen and oxygen atoms in total. The monoisotopic (exact) mass is 406 g/mol. The summed E-state index contributed by atoms with van der Waals surface area (Å²) >= 11 is 0. The van der Waals surface area contributed by atoms with Crippen molar-refractivity contribution in [2.24, 2.45) is 5.73 Å². The van der Waals surface area contributed by atoms with Crippen molar-refractivity contribution in [3.63, 3.8) is 0 Å². The van der Waals surface area contributed by atoms with Gasteiger partial charge in [0.05, 0.1) is 11.3 Å². The molecule has 1 aromatic heterocycles. The number of amides is 1. The minimum atomic E-state index is -0.553.